The molecule has 36 heavy (non-hydrogen) atoms. The van der Waals surface area contributed by atoms with E-state index in [1.807, 2.05) is 0 Å². The topological polar surface area (TPSA) is 36.8 Å². The molecule has 0 atom stereocenters. The Bertz CT molecular complexity index is 639. The predicted molar refractivity (Wildman–Crippen MR) is 113 cm³/mol. The third-order valence-electron chi connectivity index (χ3n) is 4.77. The van der Waals surface area contributed by atoms with Gasteiger partial charge < -0.3 is 19.6 Å². The molecular weight excluding hydrogens is 616 g/mol. The van der Waals surface area contributed by atoms with Crippen molar-refractivity contribution in [2.45, 2.75) is 19.3 Å². The molecule has 3 fully saturated rings. The third-order valence-corrected chi connectivity index (χ3v) is 4.77. The smallest absolute Gasteiger partial charge is 2.00 e. The first-order valence-corrected chi connectivity index (χ1v) is 14.6. The molecule has 0 unspecified atom stereocenters. The maximum Gasteiger partial charge on any atom is 2.00 e. The van der Waals surface area contributed by atoms with Crippen LogP contribution in [0.4, 0.5) is 50.4 Å². The van der Waals surface area contributed by atoms with Crippen LogP contribution in [0, 0.1) is 11.3 Å². The molecule has 0 aliphatic carbocycles. The molecule has 0 aromatic carbocycles. The predicted octanol–water partition coefficient (Wildman–Crippen LogP) is 7.31. The Morgan fingerprint density at radius 1 is 0.583 bits per heavy atom. The molecule has 0 aromatic rings. The van der Waals surface area contributed by atoms with Gasteiger partial charge in [-0.2, -0.15) is 5.26 Å². The van der Waals surface area contributed by atoms with E-state index in [0.717, 1.165) is 26.2 Å². The number of piperazine rings is 1. The molecule has 0 N–H and O–H groups in total. The van der Waals surface area contributed by atoms with Gasteiger partial charge in [-0.15, -0.1) is 0 Å². The molecule has 0 aromatic heterocycles. The van der Waals surface area contributed by atoms with Crippen LogP contribution in [0.15, 0.2) is 0 Å². The fourth-order valence-corrected chi connectivity index (χ4v) is 3.29. The Morgan fingerprint density at radius 3 is 1.31 bits per heavy atom. The van der Waals surface area contributed by atoms with Gasteiger partial charge in [-0.25, -0.2) is 0 Å². The summed E-state index contributed by atoms with van der Waals surface area (Å²) >= 11 is 0. The zero-order chi connectivity index (χ0) is 27.7. The molecule has 3 heterocycles. The van der Waals surface area contributed by atoms with Crippen LogP contribution in [0.25, 0.3) is 0 Å². The largest absolute Gasteiger partial charge is 2.00 e. The van der Waals surface area contributed by atoms with Gasteiger partial charge in [0.05, 0.1) is 6.07 Å². The molecule has 0 spiro atoms. The summed E-state index contributed by atoms with van der Waals surface area (Å²) in [4.78, 5) is 10.1. The van der Waals surface area contributed by atoms with Crippen molar-refractivity contribution in [3.8, 4) is 6.07 Å². The standard InChI is InChI=1S/C16H31N5.Cu.2F6P/c1-18-6-3-8-20-13-15-21(16-14-20)10-4-9-19(12-11-18)7-2-5-17;;2*1-7(2,3,4,5)6/h2-4,6-16H2,1H3;;;/q;+2;2*-1. The molecule has 0 saturated carbocycles. The Morgan fingerprint density at radius 2 is 0.944 bits per heavy atom. The summed E-state index contributed by atoms with van der Waals surface area (Å²) in [5.41, 5.74) is 0. The van der Waals surface area contributed by atoms with Crippen molar-refractivity contribution < 1.29 is 67.4 Å². The Hall–Kier alpha value is -0.131. The average Bonchev–Trinajstić information content (AvgIpc) is 2.59. The number of hydrogen-bond donors (Lipinski definition) is 0. The van der Waals surface area contributed by atoms with Crippen molar-refractivity contribution in [1.82, 2.24) is 19.6 Å². The Labute approximate surface area is 212 Å². The monoisotopic (exact) mass is 646 g/mol. The van der Waals surface area contributed by atoms with E-state index >= 15 is 0 Å². The van der Waals surface area contributed by atoms with E-state index < -0.39 is 15.6 Å². The van der Waals surface area contributed by atoms with Crippen molar-refractivity contribution in [3.63, 3.8) is 0 Å². The fourth-order valence-electron chi connectivity index (χ4n) is 3.29. The molecular formula is C16H31CuF12N5P2. The summed E-state index contributed by atoms with van der Waals surface area (Å²) in [6, 6.07) is 2.29. The zero-order valence-corrected chi connectivity index (χ0v) is 22.1. The SMILES string of the molecule is CN1CCCN2CCN(CCCN(CCC#N)CC1)CC2.F[P-](F)(F)(F)(F)F.F[P-](F)(F)(F)(F)F.[Cu+2]. The van der Waals surface area contributed by atoms with Gasteiger partial charge in [-0.05, 0) is 46.1 Å². The van der Waals surface area contributed by atoms with Crippen molar-refractivity contribution in [1.29, 1.82) is 5.26 Å². The van der Waals surface area contributed by atoms with E-state index in [0.29, 0.717) is 6.42 Å². The summed E-state index contributed by atoms with van der Waals surface area (Å²) in [5.74, 6) is 0. The number of hydrogen-bond acceptors (Lipinski definition) is 5. The second kappa shape index (κ2) is 12.4. The van der Waals surface area contributed by atoms with Crippen molar-refractivity contribution in [2.24, 2.45) is 0 Å². The first-order valence-electron chi connectivity index (χ1n) is 10.5. The van der Waals surface area contributed by atoms with Crippen LogP contribution < -0.4 is 0 Å². The Kier molecular flexibility index (Phi) is 13.1. The second-order valence-corrected chi connectivity index (χ2v) is 12.2. The van der Waals surface area contributed by atoms with E-state index in [4.69, 9.17) is 5.26 Å². The maximum atomic E-state index is 9.87. The Balaban J connectivity index is 0. The van der Waals surface area contributed by atoms with E-state index in [9.17, 15) is 50.4 Å². The van der Waals surface area contributed by atoms with E-state index in [-0.39, 0.29) is 17.1 Å². The van der Waals surface area contributed by atoms with Gasteiger partial charge in [0.25, 0.3) is 0 Å². The molecule has 1 radical (unpaired) electrons. The van der Waals surface area contributed by atoms with Gasteiger partial charge in [0.1, 0.15) is 0 Å². The van der Waals surface area contributed by atoms with E-state index in [1.54, 1.807) is 0 Å². The van der Waals surface area contributed by atoms with Crippen LogP contribution >= 0.6 is 15.6 Å². The summed E-state index contributed by atoms with van der Waals surface area (Å²) in [6.45, 7) is 12.9. The van der Waals surface area contributed by atoms with Gasteiger partial charge in [-0.3, -0.25) is 0 Å². The molecule has 3 aliphatic heterocycles. The number of halogens is 12. The fraction of sp³-hybridized carbons (Fsp3) is 0.938. The van der Waals surface area contributed by atoms with Gasteiger partial charge in [0.15, 0.2) is 0 Å². The van der Waals surface area contributed by atoms with Crippen LogP contribution in [0.1, 0.15) is 19.3 Å². The van der Waals surface area contributed by atoms with Crippen LogP contribution in [0.5, 0.6) is 0 Å². The normalized spacial score (nSPS) is 26.9. The van der Waals surface area contributed by atoms with Gasteiger partial charge in [0, 0.05) is 52.2 Å². The molecule has 20 heteroatoms. The van der Waals surface area contributed by atoms with Gasteiger partial charge in [0.2, 0.25) is 0 Å². The number of fused-ring (bicyclic) bond motifs is 11. The molecule has 0 amide bonds. The van der Waals surface area contributed by atoms with Gasteiger partial charge >= 0.3 is 83.0 Å². The molecule has 5 nitrogen and oxygen atoms in total. The first kappa shape index (κ1) is 38.0. The minimum absolute atomic E-state index is 0. The van der Waals surface area contributed by atoms with E-state index in [2.05, 4.69) is 32.7 Å². The number of nitrogens with zero attached hydrogens (tertiary/aromatic N) is 5. The molecule has 2 bridgehead atoms. The van der Waals surface area contributed by atoms with Crippen LogP contribution in [-0.4, -0.2) is 98.6 Å². The maximum absolute atomic E-state index is 10.7. The summed E-state index contributed by atoms with van der Waals surface area (Å²) in [6.07, 6.45) is 3.16. The van der Waals surface area contributed by atoms with Gasteiger partial charge in [-0.1, -0.05) is 0 Å². The molecule has 225 valence electrons. The average molecular weight is 647 g/mol. The van der Waals surface area contributed by atoms with Crippen molar-refractivity contribution >= 4 is 15.6 Å². The summed E-state index contributed by atoms with van der Waals surface area (Å²) in [5, 5.41) is 8.81. The second-order valence-electron chi connectivity index (χ2n) is 8.36. The number of likely N-dealkylation sites (N-methyl/N-ethyl adjacent to an activating group) is 1. The third kappa shape index (κ3) is 38.4. The summed E-state index contributed by atoms with van der Waals surface area (Å²) < 4.78 is 118. The van der Waals surface area contributed by atoms with Crippen molar-refractivity contribution in [3.05, 3.63) is 0 Å². The molecule has 3 saturated heterocycles. The quantitative estimate of drug-likeness (QED) is 0.179. The number of rotatable bonds is 2. The minimum atomic E-state index is -10.7. The van der Waals surface area contributed by atoms with Crippen LogP contribution in [0.3, 0.4) is 0 Å². The molecule has 3 aliphatic rings. The summed E-state index contributed by atoms with van der Waals surface area (Å²) in [7, 11) is -19.1. The van der Waals surface area contributed by atoms with Crippen LogP contribution in [0.2, 0.25) is 0 Å². The number of nitriles is 1. The van der Waals surface area contributed by atoms with Crippen LogP contribution in [-0.2, 0) is 17.1 Å². The minimum Gasteiger partial charge on any atom is 2.00 e. The first-order chi connectivity index (χ1) is 15.2. The van der Waals surface area contributed by atoms with E-state index in [1.165, 1.54) is 58.7 Å². The van der Waals surface area contributed by atoms with Crippen molar-refractivity contribution in [2.75, 3.05) is 79.0 Å². The molecule has 3 rings (SSSR count). The zero-order valence-electron chi connectivity index (χ0n) is 19.4.